The minimum Gasteiger partial charge on any atom is -0.465 e. The largest absolute Gasteiger partial charge is 0.465 e. The average molecular weight is 1230 g/mol. The van der Waals surface area contributed by atoms with E-state index in [4.69, 9.17) is 0 Å². The van der Waals surface area contributed by atoms with Crippen molar-refractivity contribution in [1.29, 1.82) is 0 Å². The summed E-state index contributed by atoms with van der Waals surface area (Å²) in [5.41, 5.74) is 16.7. The number of esters is 2. The van der Waals surface area contributed by atoms with E-state index >= 15 is 0 Å². The molecule has 0 aromatic heterocycles. The van der Waals surface area contributed by atoms with Crippen LogP contribution in [0.5, 0.6) is 0 Å². The monoisotopic (exact) mass is 1230 g/mol. The summed E-state index contributed by atoms with van der Waals surface area (Å²) in [6.45, 7) is 44.3. The van der Waals surface area contributed by atoms with E-state index in [1.54, 1.807) is 31.2 Å². The van der Waals surface area contributed by atoms with Gasteiger partial charge in [0.2, 0.25) is 0 Å². The summed E-state index contributed by atoms with van der Waals surface area (Å²) < 4.78 is 58.8. The lowest BCUT2D eigenvalue weighted by Gasteiger charge is -2.12. The van der Waals surface area contributed by atoms with E-state index in [1.807, 2.05) is 56.3 Å². The molecule has 0 aliphatic heterocycles. The van der Waals surface area contributed by atoms with Crippen molar-refractivity contribution in [2.75, 3.05) is 14.2 Å². The third-order valence-electron chi connectivity index (χ3n) is 14.5. The third kappa shape index (κ3) is 32.8. The number of carbonyl (C=O) groups excluding carboxylic acids is 2. The van der Waals surface area contributed by atoms with Crippen LogP contribution in [0.25, 0.3) is 0 Å². The molecule has 0 saturated heterocycles. The Morgan fingerprint density at radius 3 is 0.889 bits per heavy atom. The van der Waals surface area contributed by atoms with Crippen molar-refractivity contribution in [1.82, 2.24) is 0 Å². The number of alkyl halides is 3. The molecule has 0 fully saturated rings. The first-order valence-electron chi connectivity index (χ1n) is 31.7. The number of rotatable bonds is 10. The maximum atomic E-state index is 12.4. The number of benzene rings is 8. The molecule has 8 aromatic carbocycles. The fraction of sp³-hybridized carbons (Fsp3) is 0.390. The Labute approximate surface area is 541 Å². The predicted octanol–water partition coefficient (Wildman–Crippen LogP) is 24.8. The standard InChI is InChI=1S/C11H13F3.2C11H14O2.4C10H14.C9H11F/c1-7(2)9-4-8(3)5-10(6-9)11(12,13)14;1-8(2)9-4-6-10(7-5-9)11(12)13-3;1-8(2)9-5-4-6-10(7-9)11(12)13-3;1-8(2)10-6-4-9(3)5-7-10;3*1-8(2)10-6-4-5-9(3)7-10;1-7(2)8-3-5-9(10)6-4-8/h4-7H,1-3H3;2*4-8H,1-3H3;4*4-8H,1-3H3;3-7H,1-2H3. The second-order valence-electron chi connectivity index (χ2n) is 25.3. The van der Waals surface area contributed by atoms with Crippen LogP contribution in [0.4, 0.5) is 17.6 Å². The van der Waals surface area contributed by atoms with Crippen molar-refractivity contribution < 1.29 is 36.6 Å². The Hall–Kier alpha value is -7.58. The molecule has 0 bridgehead atoms. The van der Waals surface area contributed by atoms with Gasteiger partial charge in [0, 0.05) is 0 Å². The van der Waals surface area contributed by atoms with Gasteiger partial charge >= 0.3 is 18.1 Å². The van der Waals surface area contributed by atoms with Gasteiger partial charge in [-0.25, -0.2) is 14.0 Å². The Kier molecular flexibility index (Phi) is 37.2. The minimum absolute atomic E-state index is 0.121. The van der Waals surface area contributed by atoms with E-state index in [0.29, 0.717) is 58.1 Å². The molecule has 8 aromatic rings. The van der Waals surface area contributed by atoms with Crippen molar-refractivity contribution in [2.45, 2.75) is 199 Å². The van der Waals surface area contributed by atoms with E-state index in [1.165, 1.54) is 94.1 Å². The highest BCUT2D eigenvalue weighted by Gasteiger charge is 2.31. The van der Waals surface area contributed by atoms with Gasteiger partial charge in [0.1, 0.15) is 5.82 Å². The molecule has 0 atom stereocenters. The van der Waals surface area contributed by atoms with Gasteiger partial charge in [0.05, 0.1) is 30.9 Å². The van der Waals surface area contributed by atoms with Crippen molar-refractivity contribution in [3.63, 3.8) is 0 Å². The van der Waals surface area contributed by atoms with Crippen molar-refractivity contribution in [3.8, 4) is 0 Å². The maximum Gasteiger partial charge on any atom is 0.416 e. The molecule has 0 unspecified atom stereocenters. The van der Waals surface area contributed by atoms with Crippen molar-refractivity contribution >= 4 is 11.9 Å². The van der Waals surface area contributed by atoms with Gasteiger partial charge in [-0.05, 0) is 175 Å². The van der Waals surface area contributed by atoms with Gasteiger partial charge < -0.3 is 9.47 Å². The molecule has 0 spiro atoms. The zero-order valence-corrected chi connectivity index (χ0v) is 58.7. The SMILES string of the molecule is CC(C)c1ccc(F)cc1.COC(=O)c1ccc(C(C)C)cc1.COC(=O)c1cccc(C(C)C)c1.Cc1cc(C(C)C)cc(C(F)(F)F)c1.Cc1ccc(C(C)C)cc1.Cc1cccc(C(C)C)c1.Cc1cccc(C(C)C)c1.Cc1cccc(C(C)C)c1. The zero-order valence-electron chi connectivity index (χ0n) is 58.7. The molecule has 0 amide bonds. The van der Waals surface area contributed by atoms with Crippen LogP contribution in [0.3, 0.4) is 0 Å². The van der Waals surface area contributed by atoms with Crippen LogP contribution in [0.2, 0.25) is 0 Å². The summed E-state index contributed by atoms with van der Waals surface area (Å²) in [5.74, 6) is 3.43. The Balaban J connectivity index is 0.000000516. The number of ether oxygens (including phenoxy) is 2. The molecule has 0 saturated carbocycles. The second-order valence-corrected chi connectivity index (χ2v) is 25.3. The molecular weight excluding hydrogens is 1120 g/mol. The number of hydrogen-bond donors (Lipinski definition) is 0. The highest BCUT2D eigenvalue weighted by Crippen LogP contribution is 2.32. The van der Waals surface area contributed by atoms with Crippen molar-refractivity contribution in [3.05, 3.63) is 283 Å². The lowest BCUT2D eigenvalue weighted by Crippen LogP contribution is -2.06. The molecule has 0 radical (unpaired) electrons. The van der Waals surface area contributed by atoms with Crippen LogP contribution in [0, 0.1) is 40.4 Å². The molecule has 8 rings (SSSR count). The van der Waals surface area contributed by atoms with E-state index < -0.39 is 11.7 Å². The number of carbonyl (C=O) groups is 2. The normalized spacial score (nSPS) is 10.6. The Morgan fingerprint density at radius 1 is 0.300 bits per heavy atom. The fourth-order valence-electron chi connectivity index (χ4n) is 8.46. The molecule has 4 nitrogen and oxygen atoms in total. The van der Waals surface area contributed by atoms with Gasteiger partial charge in [-0.1, -0.05) is 278 Å². The number of hydrogen-bond acceptors (Lipinski definition) is 4. The van der Waals surface area contributed by atoms with Gasteiger partial charge in [-0.2, -0.15) is 13.2 Å². The van der Waals surface area contributed by atoms with Crippen LogP contribution in [-0.2, 0) is 15.7 Å². The van der Waals surface area contributed by atoms with Crippen LogP contribution in [-0.4, -0.2) is 26.2 Å². The summed E-state index contributed by atoms with van der Waals surface area (Å²) in [7, 11) is 2.78. The lowest BCUT2D eigenvalue weighted by molar-refractivity contribution is -0.137. The molecule has 0 aliphatic carbocycles. The lowest BCUT2D eigenvalue weighted by atomic mass is 9.98. The summed E-state index contributed by atoms with van der Waals surface area (Å²) in [6, 6.07) is 60.5. The maximum absolute atomic E-state index is 12.4. The molecule has 8 heteroatoms. The van der Waals surface area contributed by atoms with Crippen LogP contribution in [0.15, 0.2) is 188 Å². The first-order valence-corrected chi connectivity index (χ1v) is 31.7. The molecular formula is C82H108F4O4. The van der Waals surface area contributed by atoms with Crippen LogP contribution in [0.1, 0.15) is 257 Å². The highest BCUT2D eigenvalue weighted by molar-refractivity contribution is 5.89. The van der Waals surface area contributed by atoms with Crippen molar-refractivity contribution in [2.24, 2.45) is 0 Å². The minimum atomic E-state index is -4.24. The second kappa shape index (κ2) is 41.7. The fourth-order valence-corrected chi connectivity index (χ4v) is 8.46. The summed E-state index contributed by atoms with van der Waals surface area (Å²) >= 11 is 0. The van der Waals surface area contributed by atoms with E-state index in [0.717, 1.165) is 11.1 Å². The summed E-state index contributed by atoms with van der Waals surface area (Å²) in [6.07, 6.45) is -4.24. The van der Waals surface area contributed by atoms with Crippen LogP contribution >= 0.6 is 0 Å². The zero-order chi connectivity index (χ0) is 68.4. The molecule has 0 N–H and O–H groups in total. The molecule has 0 heterocycles. The molecule has 90 heavy (non-hydrogen) atoms. The first kappa shape index (κ1) is 80.4. The highest BCUT2D eigenvalue weighted by atomic mass is 19.4. The van der Waals surface area contributed by atoms with Gasteiger partial charge in [0.15, 0.2) is 0 Å². The average Bonchev–Trinajstić information content (AvgIpc) is 3.54. The van der Waals surface area contributed by atoms with Crippen LogP contribution < -0.4 is 0 Å². The topological polar surface area (TPSA) is 52.6 Å². The van der Waals surface area contributed by atoms with Gasteiger partial charge in [-0.3, -0.25) is 0 Å². The number of methoxy groups -OCH3 is 2. The smallest absolute Gasteiger partial charge is 0.416 e. The van der Waals surface area contributed by atoms with Gasteiger partial charge in [0.25, 0.3) is 0 Å². The quantitative estimate of drug-likeness (QED) is 0.101. The summed E-state index contributed by atoms with van der Waals surface area (Å²) in [5, 5.41) is 0. The molecule has 488 valence electrons. The Bertz CT molecular complexity index is 3110. The first-order chi connectivity index (χ1) is 42.1. The van der Waals surface area contributed by atoms with Gasteiger partial charge in [-0.15, -0.1) is 0 Å². The Morgan fingerprint density at radius 2 is 0.589 bits per heavy atom. The third-order valence-corrected chi connectivity index (χ3v) is 14.5. The van der Waals surface area contributed by atoms with E-state index in [2.05, 4.69) is 231 Å². The summed E-state index contributed by atoms with van der Waals surface area (Å²) in [4.78, 5) is 22.2. The van der Waals surface area contributed by atoms with E-state index in [9.17, 15) is 27.2 Å². The number of aryl methyl sites for hydroxylation is 5. The predicted molar refractivity (Wildman–Crippen MR) is 376 cm³/mol. The number of halogens is 4. The van der Waals surface area contributed by atoms with E-state index in [-0.39, 0.29) is 23.7 Å². The molecule has 0 aliphatic rings.